The van der Waals surface area contributed by atoms with E-state index in [0.717, 1.165) is 86.7 Å². The molecule has 1 amide bonds. The number of nitrogens with zero attached hydrogens (tertiary/aromatic N) is 3. The summed E-state index contributed by atoms with van der Waals surface area (Å²) < 4.78 is 35.0. The minimum absolute atomic E-state index is 0.125. The molecule has 1 spiro atoms. The van der Waals surface area contributed by atoms with Gasteiger partial charge in [-0.2, -0.15) is 0 Å². The van der Waals surface area contributed by atoms with E-state index in [-0.39, 0.29) is 16.7 Å². The molecule has 1 fully saturated rings. The summed E-state index contributed by atoms with van der Waals surface area (Å²) >= 11 is 0. The second-order valence-corrected chi connectivity index (χ2v) is 13.3. The maximum atomic E-state index is 13.7. The first-order chi connectivity index (χ1) is 20.2. The van der Waals surface area contributed by atoms with Crippen molar-refractivity contribution in [1.82, 2.24) is 10.1 Å². The Hall–Kier alpha value is -3.46. The van der Waals surface area contributed by atoms with Gasteiger partial charge in [-0.05, 0) is 68.7 Å². The predicted molar refractivity (Wildman–Crippen MR) is 166 cm³/mol. The van der Waals surface area contributed by atoms with Crippen LogP contribution in [0, 0.1) is 13.8 Å². The van der Waals surface area contributed by atoms with Crippen LogP contribution in [0.3, 0.4) is 0 Å². The van der Waals surface area contributed by atoms with Crippen molar-refractivity contribution < 1.29 is 17.7 Å². The van der Waals surface area contributed by atoms with Crippen LogP contribution in [0.1, 0.15) is 94.0 Å². The Bertz CT molecular complexity index is 1580. The van der Waals surface area contributed by atoms with Crippen molar-refractivity contribution in [2.75, 3.05) is 4.72 Å². The zero-order chi connectivity index (χ0) is 29.9. The minimum atomic E-state index is -3.96. The molecular weight excluding hydrogens is 548 g/mol. The molecule has 0 bridgehead atoms. The monoisotopic (exact) mass is 590 g/mol. The molecule has 0 radical (unpaired) electrons. The molecule has 5 rings (SSSR count). The van der Waals surface area contributed by atoms with Gasteiger partial charge in [-0.25, -0.2) is 13.1 Å². The number of anilines is 1. The Morgan fingerprint density at radius 2 is 1.69 bits per heavy atom. The van der Waals surface area contributed by atoms with Crippen molar-refractivity contribution in [1.29, 1.82) is 0 Å². The van der Waals surface area contributed by atoms with Crippen LogP contribution >= 0.6 is 0 Å². The lowest BCUT2D eigenvalue weighted by Gasteiger charge is -2.23. The van der Waals surface area contributed by atoms with Gasteiger partial charge in [0.05, 0.1) is 17.1 Å². The Morgan fingerprint density at radius 3 is 2.38 bits per heavy atom. The average molecular weight is 591 g/mol. The van der Waals surface area contributed by atoms with Crippen LogP contribution in [0.15, 0.2) is 56.9 Å². The fraction of sp³-hybridized carbons (Fsp3) is 0.485. The van der Waals surface area contributed by atoms with E-state index in [1.54, 1.807) is 26.0 Å². The number of benzene rings is 2. The topological polar surface area (TPSA) is 105 Å². The highest BCUT2D eigenvalue weighted by molar-refractivity contribution is 7.92. The minimum Gasteiger partial charge on any atom is -0.337 e. The third-order valence-corrected chi connectivity index (χ3v) is 10.0. The molecule has 1 saturated carbocycles. The standard InChI is InChI=1S/C33H42N4O4S/c1-5-7-13-26-21-25(22-37-30(16-8-6-2)34-33(32(37)38)19-11-12-20-33)17-18-27(26)28-14-9-10-15-29(28)42(39,40)36-31-23(3)24(4)35-41-31/h9-10,14-15,17-18,21,36H,5-8,11-13,16,19-20,22H2,1-4H3. The SMILES string of the molecule is CCCCC1=NC2(CCCC2)C(=O)N1Cc1ccc(-c2ccccc2S(=O)(=O)Nc2onc(C)c2C)c(CCCC)c1. The lowest BCUT2D eigenvalue weighted by molar-refractivity contribution is -0.131. The van der Waals surface area contributed by atoms with Crippen molar-refractivity contribution in [3.63, 3.8) is 0 Å². The molecule has 1 N–H and O–H groups in total. The normalized spacial score (nSPS) is 16.4. The number of aromatic nitrogens is 1. The zero-order valence-corrected chi connectivity index (χ0v) is 26.0. The Labute approximate surface area is 249 Å². The van der Waals surface area contributed by atoms with Crippen molar-refractivity contribution in [3.8, 4) is 11.1 Å². The van der Waals surface area contributed by atoms with Crippen molar-refractivity contribution in [3.05, 3.63) is 64.8 Å². The van der Waals surface area contributed by atoms with Gasteiger partial charge in [0.25, 0.3) is 15.9 Å². The van der Waals surface area contributed by atoms with Crippen LogP contribution in [0.5, 0.6) is 0 Å². The first-order valence-electron chi connectivity index (χ1n) is 15.3. The average Bonchev–Trinajstić information content (AvgIpc) is 3.66. The molecule has 0 unspecified atom stereocenters. The summed E-state index contributed by atoms with van der Waals surface area (Å²) in [5.74, 6) is 1.19. The Kier molecular flexibility index (Phi) is 8.87. The molecule has 2 heterocycles. The molecule has 0 saturated heterocycles. The number of aliphatic imine (C=N–C) groups is 1. The first-order valence-corrected chi connectivity index (χ1v) is 16.7. The van der Waals surface area contributed by atoms with Crippen molar-refractivity contribution in [2.45, 2.75) is 109 Å². The summed E-state index contributed by atoms with van der Waals surface area (Å²) in [5, 5.41) is 3.89. The van der Waals surface area contributed by atoms with E-state index in [0.29, 0.717) is 23.4 Å². The molecule has 1 aliphatic heterocycles. The summed E-state index contributed by atoms with van der Waals surface area (Å²) in [4.78, 5) is 20.8. The van der Waals surface area contributed by atoms with E-state index < -0.39 is 15.6 Å². The first kappa shape index (κ1) is 30.0. The van der Waals surface area contributed by atoms with Gasteiger partial charge in [0.15, 0.2) is 0 Å². The highest BCUT2D eigenvalue weighted by atomic mass is 32.2. The number of carbonyl (C=O) groups is 1. The number of rotatable bonds is 12. The maximum absolute atomic E-state index is 13.7. The van der Waals surface area contributed by atoms with Crippen LogP contribution in [0.2, 0.25) is 0 Å². The van der Waals surface area contributed by atoms with E-state index in [2.05, 4.69) is 29.8 Å². The summed E-state index contributed by atoms with van der Waals surface area (Å²) in [7, 11) is -3.96. The van der Waals surface area contributed by atoms with E-state index in [1.807, 2.05) is 29.2 Å². The quantitative estimate of drug-likeness (QED) is 0.238. The summed E-state index contributed by atoms with van der Waals surface area (Å²) in [6, 6.07) is 13.2. The number of unbranched alkanes of at least 4 members (excludes halogenated alkanes) is 2. The highest BCUT2D eigenvalue weighted by Gasteiger charge is 2.49. The van der Waals surface area contributed by atoms with Crippen LogP contribution in [-0.4, -0.2) is 35.8 Å². The number of aryl methyl sites for hydroxylation is 2. The highest BCUT2D eigenvalue weighted by Crippen LogP contribution is 2.40. The van der Waals surface area contributed by atoms with Crippen molar-refractivity contribution in [2.24, 2.45) is 4.99 Å². The van der Waals surface area contributed by atoms with Crippen LogP contribution < -0.4 is 4.72 Å². The molecule has 224 valence electrons. The van der Waals surface area contributed by atoms with E-state index >= 15 is 0 Å². The number of carbonyl (C=O) groups excluding carboxylic acids is 1. The number of sulfonamides is 1. The molecule has 2 aromatic carbocycles. The molecule has 8 nitrogen and oxygen atoms in total. The van der Waals surface area contributed by atoms with Gasteiger partial charge in [0.2, 0.25) is 5.88 Å². The Morgan fingerprint density at radius 1 is 0.976 bits per heavy atom. The van der Waals surface area contributed by atoms with Crippen LogP contribution in [0.25, 0.3) is 11.1 Å². The molecule has 2 aliphatic rings. The second-order valence-electron chi connectivity index (χ2n) is 11.7. The van der Waals surface area contributed by atoms with Gasteiger partial charge < -0.3 is 4.52 Å². The van der Waals surface area contributed by atoms with Crippen LogP contribution in [0.4, 0.5) is 5.88 Å². The third kappa shape index (κ3) is 5.89. The summed E-state index contributed by atoms with van der Waals surface area (Å²) in [5.41, 5.74) is 4.33. The molecular formula is C33H42N4O4S. The molecule has 1 aliphatic carbocycles. The number of nitrogens with one attached hydrogen (secondary N) is 1. The third-order valence-electron chi connectivity index (χ3n) is 8.64. The number of hydrogen-bond acceptors (Lipinski definition) is 6. The molecule has 1 aromatic heterocycles. The van der Waals surface area contributed by atoms with Gasteiger partial charge >= 0.3 is 0 Å². The van der Waals surface area contributed by atoms with E-state index in [9.17, 15) is 13.2 Å². The number of amides is 1. The molecule has 42 heavy (non-hydrogen) atoms. The lowest BCUT2D eigenvalue weighted by atomic mass is 9.93. The zero-order valence-electron chi connectivity index (χ0n) is 25.2. The largest absolute Gasteiger partial charge is 0.337 e. The predicted octanol–water partition coefficient (Wildman–Crippen LogP) is 7.35. The number of hydrogen-bond donors (Lipinski definition) is 1. The van der Waals surface area contributed by atoms with Gasteiger partial charge in [-0.1, -0.05) is 81.1 Å². The van der Waals surface area contributed by atoms with Crippen LogP contribution in [-0.2, 0) is 27.8 Å². The summed E-state index contributed by atoms with van der Waals surface area (Å²) in [6.45, 7) is 8.33. The van der Waals surface area contributed by atoms with Gasteiger partial charge in [0, 0.05) is 17.5 Å². The van der Waals surface area contributed by atoms with Gasteiger partial charge in [-0.15, -0.1) is 0 Å². The lowest BCUT2D eigenvalue weighted by Crippen LogP contribution is -2.40. The fourth-order valence-corrected chi connectivity index (χ4v) is 7.34. The molecule has 0 atom stereocenters. The Balaban J connectivity index is 1.49. The molecule has 3 aromatic rings. The maximum Gasteiger partial charge on any atom is 0.264 e. The van der Waals surface area contributed by atoms with E-state index in [1.165, 1.54) is 0 Å². The van der Waals surface area contributed by atoms with Gasteiger partial charge in [-0.3, -0.25) is 14.7 Å². The van der Waals surface area contributed by atoms with Crippen molar-refractivity contribution >= 4 is 27.7 Å². The smallest absolute Gasteiger partial charge is 0.264 e. The summed E-state index contributed by atoms with van der Waals surface area (Å²) in [6.07, 6.45) is 9.42. The second kappa shape index (κ2) is 12.4. The van der Waals surface area contributed by atoms with E-state index in [4.69, 9.17) is 9.52 Å². The van der Waals surface area contributed by atoms with Gasteiger partial charge in [0.1, 0.15) is 11.4 Å². The number of amidine groups is 1. The fourth-order valence-electron chi connectivity index (χ4n) is 6.07. The molecule has 9 heteroatoms.